The van der Waals surface area contributed by atoms with E-state index in [0.29, 0.717) is 254 Å². The van der Waals surface area contributed by atoms with Crippen molar-refractivity contribution in [2.75, 3.05) is 52.4 Å². The number of carbonyl (C=O) groups excluding carboxylic acids is 8. The third-order valence-corrected chi connectivity index (χ3v) is 22.3. The summed E-state index contributed by atoms with van der Waals surface area (Å²) < 4.78 is 39.9. The number of aromatic nitrogens is 14. The monoisotopic (exact) mass is 1640 g/mol. The number of para-hydroxylation sites is 3. The van der Waals surface area contributed by atoms with E-state index in [1.165, 1.54) is 49.1 Å². The quantitative estimate of drug-likeness (QED) is 0.0409. The largest absolute Gasteiger partial charge is 0.364 e. The van der Waals surface area contributed by atoms with Crippen LogP contribution in [0.2, 0.25) is 0 Å². The van der Waals surface area contributed by atoms with Crippen LogP contribution in [-0.4, -0.2) is 188 Å². The molecule has 0 saturated carbocycles. The minimum atomic E-state index is -0.537. The molecule has 0 unspecified atom stereocenters. The summed E-state index contributed by atoms with van der Waals surface area (Å²) in [5.74, 6) is 1.04. The third kappa shape index (κ3) is 21.7. The first kappa shape index (κ1) is 84.6. The molecule has 624 valence electrons. The van der Waals surface area contributed by atoms with Crippen LogP contribution in [0.4, 0.5) is 8.78 Å². The number of carbonyl (C=O) groups is 8. The van der Waals surface area contributed by atoms with E-state index in [4.69, 9.17) is 9.05 Å². The van der Waals surface area contributed by atoms with Crippen LogP contribution in [-0.2, 0) is 59.0 Å². The van der Waals surface area contributed by atoms with Gasteiger partial charge in [-0.3, -0.25) is 66.9 Å². The molecule has 12 aromatic rings. The van der Waals surface area contributed by atoms with Crippen LogP contribution in [0.1, 0.15) is 168 Å². The van der Waals surface area contributed by atoms with Gasteiger partial charge in [-0.2, -0.15) is 10.2 Å². The Morgan fingerprint density at radius 3 is 1.18 bits per heavy atom. The van der Waals surface area contributed by atoms with Gasteiger partial charge in [0.05, 0.1) is 73.4 Å². The number of amides is 4. The number of aryl methyl sites for hydroxylation is 6. The molecule has 120 heavy (non-hydrogen) atoms. The molecule has 4 aliphatic rings. The van der Waals surface area contributed by atoms with Gasteiger partial charge in [0.1, 0.15) is 58.7 Å². The van der Waals surface area contributed by atoms with Crippen molar-refractivity contribution >= 4 is 90.4 Å². The number of Topliss-reactive ketones (excluding diaryl/α,β-unsaturated/α-hetero) is 4. The van der Waals surface area contributed by atoms with E-state index < -0.39 is 11.6 Å². The molecule has 8 aromatic heterocycles. The van der Waals surface area contributed by atoms with Gasteiger partial charge in [0.15, 0.2) is 23.1 Å². The van der Waals surface area contributed by atoms with Crippen molar-refractivity contribution in [3.8, 4) is 0 Å². The molecule has 0 atom stereocenters. The Hall–Kier alpha value is -13.3. The fraction of sp³-hybridized carbons (Fsp3) is 0.395. The first-order chi connectivity index (χ1) is 58.0. The molecule has 4 amide bonds. The molecule has 34 heteroatoms. The number of nitrogens with zero attached hydrogens (tertiary/aromatic N) is 14. The number of fused-ring (bicyclic) bond motifs is 4. The smallest absolute Gasteiger partial charge is 0.258 e. The lowest BCUT2D eigenvalue weighted by Crippen LogP contribution is -2.40. The average Bonchev–Trinajstić information content (AvgIpc) is 1.15. The molecule has 4 N–H and O–H groups in total. The summed E-state index contributed by atoms with van der Waals surface area (Å²) in [5.41, 5.74) is 2.81. The number of aromatic amines is 4. The van der Waals surface area contributed by atoms with E-state index in [-0.39, 0.29) is 109 Å². The molecule has 4 saturated heterocycles. The summed E-state index contributed by atoms with van der Waals surface area (Å²) >= 11 is 0. The standard InChI is InChI=1S/2C22H24FN5O3.2C21H22N4O4/c1-27-13-15(12-24-27)21(30)14-8-10-28(11-9-14)19(29)7-3-6-18-25-20-16(22(31)26-18)4-2-5-17(20)23;1-27-13-15(12-24-27)21(30)14-7-9-28(10-8-14)20(29)4-2-3-19-25-18-6-5-16(23)11-17(18)22(31)26-19;26-19(25-11-8-14(9-12-25)20(27)17-10-13-29-24-17)7-3-6-18-22-16-5-2-1-4-15(16)21(28)23-18;26-19(25-10-8-14(9-11-25)20(27)15-12-22-29-13-15)7-3-6-18-23-17-5-2-1-4-16(17)21(28)24-18/h2,4-5,12-14H,3,6-11H2,1H3,(H,25,26,31);5-6,11-14H,2-4,7-10H2,1H3,(H,25,26,31);1-2,4-5,10,13-14H,3,6-9,11-12H2,(H,22,23,28);1-2,4-5,12-14H,3,6-11H2,(H,23,24,28). The molecule has 0 aliphatic carbocycles. The first-order valence-electron chi connectivity index (χ1n) is 40.4. The summed E-state index contributed by atoms with van der Waals surface area (Å²) in [6, 6.07) is 24.2. The predicted molar refractivity (Wildman–Crippen MR) is 435 cm³/mol. The number of ketones is 4. The third-order valence-electron chi connectivity index (χ3n) is 22.3. The van der Waals surface area contributed by atoms with Crippen LogP contribution in [0.25, 0.3) is 43.6 Å². The molecule has 0 spiro atoms. The molecule has 4 aliphatic heterocycles. The lowest BCUT2D eigenvalue weighted by molar-refractivity contribution is -0.133. The average molecular weight is 1640 g/mol. The highest BCUT2D eigenvalue weighted by Gasteiger charge is 2.33. The summed E-state index contributed by atoms with van der Waals surface area (Å²) in [6.45, 7) is 4.50. The number of likely N-dealkylation sites (tertiary alicyclic amines) is 4. The number of nitrogens with one attached hydrogen (secondary N) is 4. The van der Waals surface area contributed by atoms with E-state index in [9.17, 15) is 66.3 Å². The lowest BCUT2D eigenvalue weighted by Gasteiger charge is -2.31. The van der Waals surface area contributed by atoms with Gasteiger partial charge in [-0.1, -0.05) is 40.6 Å². The van der Waals surface area contributed by atoms with Crippen LogP contribution < -0.4 is 22.2 Å². The van der Waals surface area contributed by atoms with Crippen LogP contribution in [0.3, 0.4) is 0 Å². The van der Waals surface area contributed by atoms with Gasteiger partial charge < -0.3 is 48.6 Å². The van der Waals surface area contributed by atoms with Crippen molar-refractivity contribution < 1.29 is 56.2 Å². The highest BCUT2D eigenvalue weighted by Crippen LogP contribution is 2.28. The fourth-order valence-electron chi connectivity index (χ4n) is 15.6. The fourth-order valence-corrected chi connectivity index (χ4v) is 15.6. The number of benzene rings is 4. The first-order valence-corrected chi connectivity index (χ1v) is 40.4. The van der Waals surface area contributed by atoms with Crippen molar-refractivity contribution in [1.82, 2.24) is 89.3 Å². The maximum absolute atomic E-state index is 13.9. The number of piperidine rings is 4. The normalized spacial score (nSPS) is 14.9. The van der Waals surface area contributed by atoms with Crippen LogP contribution in [0, 0.1) is 35.3 Å². The second kappa shape index (κ2) is 39.8. The van der Waals surface area contributed by atoms with Crippen molar-refractivity contribution in [1.29, 1.82) is 0 Å². The van der Waals surface area contributed by atoms with E-state index in [0.717, 1.165) is 6.07 Å². The van der Waals surface area contributed by atoms with Gasteiger partial charge in [-0.05, 0) is 132 Å². The highest BCUT2D eigenvalue weighted by molar-refractivity contribution is 5.99. The van der Waals surface area contributed by atoms with Crippen molar-refractivity contribution in [2.45, 2.75) is 128 Å². The number of H-pyrrole nitrogens is 4. The number of hydrogen-bond donors (Lipinski definition) is 4. The van der Waals surface area contributed by atoms with Crippen molar-refractivity contribution in [3.63, 3.8) is 0 Å². The molecule has 0 radical (unpaired) electrons. The Balaban J connectivity index is 0.000000138. The van der Waals surface area contributed by atoms with Crippen LogP contribution >= 0.6 is 0 Å². The summed E-state index contributed by atoms with van der Waals surface area (Å²) in [6.07, 6.45) is 21.5. The molecule has 12 heterocycles. The molecule has 32 nitrogen and oxygen atoms in total. The van der Waals surface area contributed by atoms with E-state index in [1.807, 2.05) is 34.1 Å². The summed E-state index contributed by atoms with van der Waals surface area (Å²) in [5, 5.41) is 16.9. The Morgan fingerprint density at radius 2 is 0.783 bits per heavy atom. The van der Waals surface area contributed by atoms with Gasteiger partial charge in [0, 0.05) is 160 Å². The number of halogens is 2. The van der Waals surface area contributed by atoms with Crippen molar-refractivity contribution in [3.05, 3.63) is 233 Å². The molecular formula is C86H92F2N18O14. The predicted octanol–water partition coefficient (Wildman–Crippen LogP) is 9.19. The highest BCUT2D eigenvalue weighted by atomic mass is 19.1. The summed E-state index contributed by atoms with van der Waals surface area (Å²) in [7, 11) is 3.55. The van der Waals surface area contributed by atoms with Gasteiger partial charge in [0.25, 0.3) is 22.2 Å². The molecule has 16 rings (SSSR count). The molecular weight excluding hydrogens is 1550 g/mol. The molecule has 4 aromatic carbocycles. The lowest BCUT2D eigenvalue weighted by atomic mass is 9.90. The van der Waals surface area contributed by atoms with E-state index >= 15 is 0 Å². The Bertz CT molecular complexity index is 5730. The summed E-state index contributed by atoms with van der Waals surface area (Å²) in [4.78, 5) is 184. The second-order valence-corrected chi connectivity index (χ2v) is 30.5. The SMILES string of the molecule is Cn1cc(C(=O)C2CCN(C(=O)CCCc3nc4c(F)cccc4c(=O)[nH]3)CC2)cn1.Cn1cc(C(=O)C2CCN(C(=O)CCCc3nc4ccc(F)cc4c(=O)[nH]3)CC2)cn1.O=C(c1ccon1)C1CCN(C(=O)CCCc2nc3ccccc3c(=O)[nH]2)CC1.O=C(c1cnoc1)C1CCN(C(=O)CCCc2nc3ccccc3c(=O)[nH]2)CC1. The van der Waals surface area contributed by atoms with Gasteiger partial charge in [-0.25, -0.2) is 28.7 Å². The number of hydrogen-bond acceptors (Lipinski definition) is 22. The Morgan fingerprint density at radius 1 is 0.408 bits per heavy atom. The van der Waals surface area contributed by atoms with Crippen molar-refractivity contribution in [2.24, 2.45) is 37.8 Å². The maximum atomic E-state index is 13.9. The van der Waals surface area contributed by atoms with Crippen LogP contribution in [0.5, 0.6) is 0 Å². The number of rotatable bonds is 24. The second-order valence-electron chi connectivity index (χ2n) is 30.5. The minimum absolute atomic E-state index is 0.0154. The maximum Gasteiger partial charge on any atom is 0.258 e. The van der Waals surface area contributed by atoms with E-state index in [2.05, 4.69) is 60.4 Å². The minimum Gasteiger partial charge on any atom is -0.364 e. The Labute approximate surface area is 684 Å². The van der Waals surface area contributed by atoms with Crippen LogP contribution in [0.15, 0.2) is 163 Å². The van der Waals surface area contributed by atoms with Gasteiger partial charge >= 0.3 is 0 Å². The topological polar surface area (TPSA) is 420 Å². The zero-order chi connectivity index (χ0) is 84.3. The zero-order valence-electron chi connectivity index (χ0n) is 66.5. The molecule has 0 bridgehead atoms. The van der Waals surface area contributed by atoms with Gasteiger partial charge in [-0.15, -0.1) is 0 Å². The molecule has 4 fully saturated rings. The Kier molecular flexibility index (Phi) is 28.0. The zero-order valence-corrected chi connectivity index (χ0v) is 66.5. The van der Waals surface area contributed by atoms with E-state index in [1.54, 1.807) is 88.4 Å². The van der Waals surface area contributed by atoms with Gasteiger partial charge in [0.2, 0.25) is 23.6 Å².